The quantitative estimate of drug-likeness (QED) is 0.760. The van der Waals surface area contributed by atoms with E-state index in [1.807, 2.05) is 60.0 Å². The maximum Gasteiger partial charge on any atom is 0.284 e. The molecule has 25 heavy (non-hydrogen) atoms. The van der Waals surface area contributed by atoms with E-state index in [0.717, 1.165) is 16.8 Å². The molecule has 2 heterocycles. The van der Waals surface area contributed by atoms with Crippen molar-refractivity contribution in [3.63, 3.8) is 0 Å². The summed E-state index contributed by atoms with van der Waals surface area (Å²) in [5.74, 6) is 0.112. The third-order valence-electron chi connectivity index (χ3n) is 4.24. The summed E-state index contributed by atoms with van der Waals surface area (Å²) in [5, 5.41) is 17.6. The van der Waals surface area contributed by atoms with Crippen molar-refractivity contribution in [2.45, 2.75) is 12.5 Å². The number of rotatable bonds is 3. The van der Waals surface area contributed by atoms with Gasteiger partial charge in [0.1, 0.15) is 5.75 Å². The minimum Gasteiger partial charge on any atom is -0.508 e. The number of phenolic OH excluding ortho intramolecular Hbond substituents is 1. The first-order valence-corrected chi connectivity index (χ1v) is 8.89. The standard InChI is InChI=1S/C20H16N2O2S/c23-16-10-8-15(9-11-16)18-13-17(14-5-2-1-3-6-14)21-22(18)20(24)19-7-4-12-25-19/h1-12,18,23H,13H2/t18-/m0/s1. The summed E-state index contributed by atoms with van der Waals surface area (Å²) in [6.45, 7) is 0. The van der Waals surface area contributed by atoms with Crippen LogP contribution in [-0.2, 0) is 0 Å². The normalized spacial score (nSPS) is 16.7. The van der Waals surface area contributed by atoms with E-state index in [1.165, 1.54) is 11.3 Å². The van der Waals surface area contributed by atoms with Gasteiger partial charge in [-0.1, -0.05) is 48.5 Å². The van der Waals surface area contributed by atoms with E-state index in [4.69, 9.17) is 0 Å². The van der Waals surface area contributed by atoms with Crippen molar-refractivity contribution in [3.05, 3.63) is 88.1 Å². The monoisotopic (exact) mass is 348 g/mol. The van der Waals surface area contributed by atoms with Crippen molar-refractivity contribution in [2.24, 2.45) is 5.10 Å². The van der Waals surface area contributed by atoms with Crippen LogP contribution in [0.15, 0.2) is 77.2 Å². The molecule has 0 saturated carbocycles. The molecule has 4 rings (SSSR count). The number of amides is 1. The molecule has 3 aromatic rings. The lowest BCUT2D eigenvalue weighted by Gasteiger charge is -2.21. The molecule has 1 aliphatic heterocycles. The number of nitrogens with zero attached hydrogens (tertiary/aromatic N) is 2. The molecular formula is C20H16N2O2S. The number of aromatic hydroxyl groups is 1. The van der Waals surface area contributed by atoms with Gasteiger partial charge in [0.05, 0.1) is 16.6 Å². The van der Waals surface area contributed by atoms with E-state index in [-0.39, 0.29) is 17.7 Å². The largest absolute Gasteiger partial charge is 0.508 e. The van der Waals surface area contributed by atoms with Crippen molar-refractivity contribution in [3.8, 4) is 5.75 Å². The Hall–Kier alpha value is -2.92. The second kappa shape index (κ2) is 6.53. The van der Waals surface area contributed by atoms with Crippen molar-refractivity contribution in [1.29, 1.82) is 0 Å². The number of carbonyl (C=O) groups is 1. The molecular weight excluding hydrogens is 332 g/mol. The van der Waals surface area contributed by atoms with Gasteiger partial charge in [-0.15, -0.1) is 11.3 Å². The molecule has 0 bridgehead atoms. The molecule has 0 aliphatic carbocycles. The van der Waals surface area contributed by atoms with Gasteiger partial charge < -0.3 is 5.11 Å². The summed E-state index contributed by atoms with van der Waals surface area (Å²) in [5.41, 5.74) is 2.87. The molecule has 1 amide bonds. The summed E-state index contributed by atoms with van der Waals surface area (Å²) in [4.78, 5) is 13.6. The van der Waals surface area contributed by atoms with Crippen LogP contribution in [-0.4, -0.2) is 21.7 Å². The molecule has 1 aromatic heterocycles. The zero-order valence-corrected chi connectivity index (χ0v) is 14.2. The fourth-order valence-corrected chi connectivity index (χ4v) is 3.63. The van der Waals surface area contributed by atoms with Gasteiger partial charge in [-0.3, -0.25) is 4.79 Å². The van der Waals surface area contributed by atoms with Gasteiger partial charge in [-0.2, -0.15) is 5.10 Å². The van der Waals surface area contributed by atoms with E-state index in [9.17, 15) is 9.90 Å². The van der Waals surface area contributed by atoms with Crippen LogP contribution in [0.25, 0.3) is 0 Å². The van der Waals surface area contributed by atoms with E-state index in [0.29, 0.717) is 11.3 Å². The molecule has 1 aliphatic rings. The van der Waals surface area contributed by atoms with Crippen LogP contribution in [0.4, 0.5) is 0 Å². The lowest BCUT2D eigenvalue weighted by atomic mass is 9.98. The summed E-state index contributed by atoms with van der Waals surface area (Å²) in [6, 6.07) is 20.4. The summed E-state index contributed by atoms with van der Waals surface area (Å²) in [7, 11) is 0. The fraction of sp³-hybridized carbons (Fsp3) is 0.100. The van der Waals surface area contributed by atoms with Gasteiger partial charge >= 0.3 is 0 Å². The minimum atomic E-state index is -0.176. The highest BCUT2D eigenvalue weighted by molar-refractivity contribution is 7.12. The Kier molecular flexibility index (Phi) is 4.07. The zero-order valence-electron chi connectivity index (χ0n) is 13.4. The predicted octanol–water partition coefficient (Wildman–Crippen LogP) is 4.45. The van der Waals surface area contributed by atoms with Crippen molar-refractivity contribution in [2.75, 3.05) is 0 Å². The summed E-state index contributed by atoms with van der Waals surface area (Å²) in [6.07, 6.45) is 0.645. The molecule has 5 heteroatoms. The van der Waals surface area contributed by atoms with Gasteiger partial charge in [-0.05, 0) is 34.7 Å². The number of phenols is 1. The highest BCUT2D eigenvalue weighted by Gasteiger charge is 2.33. The SMILES string of the molecule is O=C(c1cccs1)N1N=C(c2ccccc2)C[C@H]1c1ccc(O)cc1. The van der Waals surface area contributed by atoms with Crippen LogP contribution in [0.2, 0.25) is 0 Å². The third-order valence-corrected chi connectivity index (χ3v) is 5.09. The fourth-order valence-electron chi connectivity index (χ4n) is 2.97. The van der Waals surface area contributed by atoms with E-state index >= 15 is 0 Å². The first kappa shape index (κ1) is 15.6. The van der Waals surface area contributed by atoms with Gasteiger partial charge in [0.15, 0.2) is 0 Å². The molecule has 124 valence electrons. The molecule has 0 saturated heterocycles. The number of benzene rings is 2. The highest BCUT2D eigenvalue weighted by Crippen LogP contribution is 2.35. The van der Waals surface area contributed by atoms with Crippen molar-refractivity contribution >= 4 is 23.0 Å². The van der Waals surface area contributed by atoms with Gasteiger partial charge in [0.25, 0.3) is 5.91 Å². The average Bonchev–Trinajstić information content (AvgIpc) is 3.33. The van der Waals surface area contributed by atoms with Crippen LogP contribution in [0.5, 0.6) is 5.75 Å². The Labute approximate surface area is 149 Å². The second-order valence-electron chi connectivity index (χ2n) is 5.85. The molecule has 0 radical (unpaired) electrons. The predicted molar refractivity (Wildman–Crippen MR) is 98.9 cm³/mol. The Balaban J connectivity index is 1.72. The van der Waals surface area contributed by atoms with E-state index in [2.05, 4.69) is 5.10 Å². The van der Waals surface area contributed by atoms with Crippen LogP contribution < -0.4 is 0 Å². The van der Waals surface area contributed by atoms with Crippen LogP contribution in [0, 0.1) is 0 Å². The molecule has 2 aromatic carbocycles. The van der Waals surface area contributed by atoms with E-state index < -0.39 is 0 Å². The number of hydrogen-bond donors (Lipinski definition) is 1. The Morgan fingerprint density at radius 3 is 2.48 bits per heavy atom. The number of hydrazone groups is 1. The first-order chi connectivity index (χ1) is 12.2. The van der Waals surface area contributed by atoms with Gasteiger partial charge in [0.2, 0.25) is 0 Å². The van der Waals surface area contributed by atoms with Gasteiger partial charge in [0, 0.05) is 6.42 Å². The molecule has 1 atom stereocenters. The highest BCUT2D eigenvalue weighted by atomic mass is 32.1. The lowest BCUT2D eigenvalue weighted by Crippen LogP contribution is -2.26. The molecule has 1 N–H and O–H groups in total. The van der Waals surface area contributed by atoms with Gasteiger partial charge in [-0.25, -0.2) is 5.01 Å². The van der Waals surface area contributed by atoms with Crippen molar-refractivity contribution < 1.29 is 9.90 Å². The minimum absolute atomic E-state index is 0.0981. The maximum atomic E-state index is 12.9. The smallest absolute Gasteiger partial charge is 0.284 e. The maximum absolute atomic E-state index is 12.9. The zero-order chi connectivity index (χ0) is 17.2. The third kappa shape index (κ3) is 3.06. The van der Waals surface area contributed by atoms with Crippen LogP contribution in [0.3, 0.4) is 0 Å². The van der Waals surface area contributed by atoms with Crippen LogP contribution in [0.1, 0.15) is 33.3 Å². The molecule has 4 nitrogen and oxygen atoms in total. The lowest BCUT2D eigenvalue weighted by molar-refractivity contribution is 0.0716. The first-order valence-electron chi connectivity index (χ1n) is 8.01. The molecule has 0 fully saturated rings. The van der Waals surface area contributed by atoms with Crippen molar-refractivity contribution in [1.82, 2.24) is 5.01 Å². The Bertz CT molecular complexity index is 903. The Morgan fingerprint density at radius 2 is 1.80 bits per heavy atom. The number of thiophene rings is 1. The molecule has 0 spiro atoms. The summed E-state index contributed by atoms with van der Waals surface area (Å²) < 4.78 is 0. The number of carbonyl (C=O) groups excluding carboxylic acids is 1. The topological polar surface area (TPSA) is 52.9 Å². The average molecular weight is 348 g/mol. The number of hydrogen-bond acceptors (Lipinski definition) is 4. The van der Waals surface area contributed by atoms with Crippen LogP contribution >= 0.6 is 11.3 Å². The summed E-state index contributed by atoms with van der Waals surface area (Å²) >= 11 is 1.41. The Morgan fingerprint density at radius 1 is 1.04 bits per heavy atom. The molecule has 0 unspecified atom stereocenters. The second-order valence-corrected chi connectivity index (χ2v) is 6.80. The van der Waals surface area contributed by atoms with E-state index in [1.54, 1.807) is 17.1 Å².